The molecule has 0 aliphatic carbocycles. The minimum absolute atomic E-state index is 0.524. The van der Waals surface area contributed by atoms with Gasteiger partial charge in [0.15, 0.2) is 0 Å². The lowest BCUT2D eigenvalue weighted by atomic mass is 10.1. The molecule has 0 bridgehead atoms. The Balaban J connectivity index is 2.37. The molecule has 0 spiro atoms. The number of ether oxygens (including phenoxy) is 1. The quantitative estimate of drug-likeness (QED) is 0.742. The van der Waals surface area contributed by atoms with Crippen LogP contribution in [0.2, 0.25) is 0 Å². The van der Waals surface area contributed by atoms with Gasteiger partial charge in [-0.2, -0.15) is 0 Å². The molecule has 1 atom stereocenters. The molecule has 3 N–H and O–H groups in total. The molecule has 84 valence electrons. The van der Waals surface area contributed by atoms with Gasteiger partial charge >= 0.3 is 0 Å². The highest BCUT2D eigenvalue weighted by Gasteiger charge is 1.99. The summed E-state index contributed by atoms with van der Waals surface area (Å²) >= 11 is 0. The molecule has 0 amide bonds. The second-order valence-corrected chi connectivity index (χ2v) is 3.82. The van der Waals surface area contributed by atoms with Gasteiger partial charge in [-0.25, -0.2) is 0 Å². The first kappa shape index (κ1) is 12.0. The number of nitrogens with one attached hydrogen (secondary N) is 1. The molecule has 1 unspecified atom stereocenters. The summed E-state index contributed by atoms with van der Waals surface area (Å²) in [6.07, 6.45) is 0. The molecule has 0 aliphatic heterocycles. The van der Waals surface area contributed by atoms with Gasteiger partial charge in [-0.3, -0.25) is 0 Å². The van der Waals surface area contributed by atoms with Crippen molar-refractivity contribution in [2.24, 2.45) is 11.7 Å². The highest BCUT2D eigenvalue weighted by Crippen LogP contribution is 2.12. The fourth-order valence-electron chi connectivity index (χ4n) is 1.33. The molecule has 1 rings (SSSR count). The highest BCUT2D eigenvalue weighted by atomic mass is 16.5. The third-order valence-corrected chi connectivity index (χ3v) is 2.36. The maximum absolute atomic E-state index is 5.54. The van der Waals surface area contributed by atoms with Gasteiger partial charge in [0.1, 0.15) is 5.75 Å². The fourth-order valence-corrected chi connectivity index (χ4v) is 1.33. The lowest BCUT2D eigenvalue weighted by Crippen LogP contribution is -2.25. The lowest BCUT2D eigenvalue weighted by molar-refractivity contribution is 0.414. The molecular weight excluding hydrogens is 188 g/mol. The van der Waals surface area contributed by atoms with Crippen LogP contribution in [0.25, 0.3) is 0 Å². The summed E-state index contributed by atoms with van der Waals surface area (Å²) in [5.41, 5.74) is 6.77. The topological polar surface area (TPSA) is 47.3 Å². The van der Waals surface area contributed by atoms with Crippen LogP contribution < -0.4 is 15.8 Å². The molecule has 0 radical (unpaired) electrons. The summed E-state index contributed by atoms with van der Waals surface area (Å²) in [5, 5.41) is 3.37. The molecule has 0 fully saturated rings. The predicted molar refractivity (Wildman–Crippen MR) is 62.9 cm³/mol. The largest absolute Gasteiger partial charge is 0.497 e. The van der Waals surface area contributed by atoms with Crippen LogP contribution in [-0.4, -0.2) is 20.2 Å². The standard InChI is InChI=1S/C12H20N2O/c1-10(7-13)8-14-9-11-4-3-5-12(6-11)15-2/h3-6,10,14H,7-9,13H2,1-2H3. The SMILES string of the molecule is COc1cccc(CNCC(C)CN)c1. The van der Waals surface area contributed by atoms with E-state index >= 15 is 0 Å². The van der Waals surface area contributed by atoms with Crippen molar-refractivity contribution in [3.8, 4) is 5.75 Å². The van der Waals surface area contributed by atoms with Crippen LogP contribution in [0.3, 0.4) is 0 Å². The molecular formula is C12H20N2O. The molecule has 3 heteroatoms. The minimum Gasteiger partial charge on any atom is -0.497 e. The molecule has 1 aromatic rings. The number of hydrogen-bond acceptors (Lipinski definition) is 3. The molecule has 0 saturated carbocycles. The van der Waals surface area contributed by atoms with Crippen LogP contribution in [0.15, 0.2) is 24.3 Å². The van der Waals surface area contributed by atoms with E-state index in [0.29, 0.717) is 5.92 Å². The van der Waals surface area contributed by atoms with Gasteiger partial charge in [-0.05, 0) is 36.7 Å². The Morgan fingerprint density at radius 1 is 1.47 bits per heavy atom. The van der Waals surface area contributed by atoms with Crippen LogP contribution in [0.5, 0.6) is 5.75 Å². The Morgan fingerprint density at radius 3 is 2.93 bits per heavy atom. The zero-order valence-corrected chi connectivity index (χ0v) is 9.49. The summed E-state index contributed by atoms with van der Waals surface area (Å²) in [6.45, 7) is 4.68. The Labute approximate surface area is 91.6 Å². The monoisotopic (exact) mass is 208 g/mol. The molecule has 0 heterocycles. The van der Waals surface area contributed by atoms with Crippen molar-refractivity contribution in [3.63, 3.8) is 0 Å². The van der Waals surface area contributed by atoms with E-state index in [0.717, 1.165) is 25.4 Å². The van der Waals surface area contributed by atoms with E-state index in [2.05, 4.69) is 18.3 Å². The summed E-state index contributed by atoms with van der Waals surface area (Å²) in [7, 11) is 1.68. The summed E-state index contributed by atoms with van der Waals surface area (Å²) in [4.78, 5) is 0. The van der Waals surface area contributed by atoms with Gasteiger partial charge in [-0.15, -0.1) is 0 Å². The van der Waals surface area contributed by atoms with Gasteiger partial charge in [0, 0.05) is 6.54 Å². The Hall–Kier alpha value is -1.06. The van der Waals surface area contributed by atoms with Crippen molar-refractivity contribution < 1.29 is 4.74 Å². The second kappa shape index (κ2) is 6.43. The first-order chi connectivity index (χ1) is 7.26. The molecule has 15 heavy (non-hydrogen) atoms. The van der Waals surface area contributed by atoms with Crippen LogP contribution in [0, 0.1) is 5.92 Å². The Bertz CT molecular complexity index is 289. The van der Waals surface area contributed by atoms with E-state index in [1.165, 1.54) is 5.56 Å². The van der Waals surface area contributed by atoms with E-state index in [9.17, 15) is 0 Å². The zero-order valence-electron chi connectivity index (χ0n) is 9.49. The molecule has 1 aromatic carbocycles. The first-order valence-corrected chi connectivity index (χ1v) is 5.30. The van der Waals surface area contributed by atoms with Gasteiger partial charge in [-0.1, -0.05) is 19.1 Å². The van der Waals surface area contributed by atoms with Crippen molar-refractivity contribution in [1.82, 2.24) is 5.32 Å². The third kappa shape index (κ3) is 4.32. The van der Waals surface area contributed by atoms with Crippen molar-refractivity contribution in [3.05, 3.63) is 29.8 Å². The maximum Gasteiger partial charge on any atom is 0.119 e. The van der Waals surface area contributed by atoms with Crippen molar-refractivity contribution in [2.75, 3.05) is 20.2 Å². The fraction of sp³-hybridized carbons (Fsp3) is 0.500. The molecule has 3 nitrogen and oxygen atoms in total. The van der Waals surface area contributed by atoms with Gasteiger partial charge in [0.25, 0.3) is 0 Å². The molecule has 0 aliphatic rings. The number of methoxy groups -OCH3 is 1. The van der Waals surface area contributed by atoms with E-state index in [1.54, 1.807) is 7.11 Å². The van der Waals surface area contributed by atoms with Crippen LogP contribution in [0.4, 0.5) is 0 Å². The maximum atomic E-state index is 5.54. The average Bonchev–Trinajstić information content (AvgIpc) is 2.29. The van der Waals surface area contributed by atoms with Crippen LogP contribution in [-0.2, 0) is 6.54 Å². The van der Waals surface area contributed by atoms with Crippen LogP contribution >= 0.6 is 0 Å². The van der Waals surface area contributed by atoms with Crippen molar-refractivity contribution in [1.29, 1.82) is 0 Å². The number of benzene rings is 1. The van der Waals surface area contributed by atoms with E-state index < -0.39 is 0 Å². The van der Waals surface area contributed by atoms with Crippen molar-refractivity contribution in [2.45, 2.75) is 13.5 Å². The minimum atomic E-state index is 0.524. The van der Waals surface area contributed by atoms with Crippen LogP contribution in [0.1, 0.15) is 12.5 Å². The van der Waals surface area contributed by atoms with E-state index in [1.807, 2.05) is 18.2 Å². The zero-order chi connectivity index (χ0) is 11.1. The third-order valence-electron chi connectivity index (χ3n) is 2.36. The second-order valence-electron chi connectivity index (χ2n) is 3.82. The number of rotatable bonds is 6. The summed E-state index contributed by atoms with van der Waals surface area (Å²) in [6, 6.07) is 8.08. The first-order valence-electron chi connectivity index (χ1n) is 5.30. The van der Waals surface area contributed by atoms with Gasteiger partial charge in [0.2, 0.25) is 0 Å². The van der Waals surface area contributed by atoms with Gasteiger partial charge in [0.05, 0.1) is 7.11 Å². The number of nitrogens with two attached hydrogens (primary N) is 1. The summed E-state index contributed by atoms with van der Waals surface area (Å²) < 4.78 is 5.16. The summed E-state index contributed by atoms with van der Waals surface area (Å²) in [5.74, 6) is 1.43. The predicted octanol–water partition coefficient (Wildman–Crippen LogP) is 1.38. The number of hydrogen-bond donors (Lipinski definition) is 2. The smallest absolute Gasteiger partial charge is 0.119 e. The average molecular weight is 208 g/mol. The molecule has 0 aromatic heterocycles. The Kier molecular flexibility index (Phi) is 5.15. The lowest BCUT2D eigenvalue weighted by Gasteiger charge is -2.10. The van der Waals surface area contributed by atoms with Crippen molar-refractivity contribution >= 4 is 0 Å². The van der Waals surface area contributed by atoms with Gasteiger partial charge < -0.3 is 15.8 Å². The highest BCUT2D eigenvalue weighted by molar-refractivity contribution is 5.28. The van der Waals surface area contributed by atoms with E-state index in [4.69, 9.17) is 10.5 Å². The Morgan fingerprint density at radius 2 is 2.27 bits per heavy atom. The molecule has 0 saturated heterocycles. The van der Waals surface area contributed by atoms with E-state index in [-0.39, 0.29) is 0 Å². The normalized spacial score (nSPS) is 12.5.